The fourth-order valence-corrected chi connectivity index (χ4v) is 1.89. The van der Waals surface area contributed by atoms with Crippen molar-refractivity contribution >= 4 is 29.0 Å². The Labute approximate surface area is 98.6 Å². The summed E-state index contributed by atoms with van der Waals surface area (Å²) in [6, 6.07) is -0.280. The molecule has 0 spiro atoms. The highest BCUT2D eigenvalue weighted by atomic mass is 35.5. The lowest BCUT2D eigenvalue weighted by Crippen LogP contribution is -2.43. The quantitative estimate of drug-likeness (QED) is 0.735. The predicted octanol–water partition coefficient (Wildman–Crippen LogP) is 1.83. The number of rotatable bonds is 1. The van der Waals surface area contributed by atoms with Gasteiger partial charge in [0.1, 0.15) is 11.7 Å². The van der Waals surface area contributed by atoms with E-state index in [-0.39, 0.29) is 23.2 Å². The van der Waals surface area contributed by atoms with E-state index in [2.05, 4.69) is 20.6 Å². The summed E-state index contributed by atoms with van der Waals surface area (Å²) in [5.41, 5.74) is 1.28. The van der Waals surface area contributed by atoms with E-state index in [0.29, 0.717) is 17.2 Å². The molecule has 86 valence electrons. The zero-order valence-electron chi connectivity index (χ0n) is 9.34. The molecule has 1 atom stereocenters. The zero-order chi connectivity index (χ0) is 11.9. The third kappa shape index (κ3) is 1.82. The van der Waals surface area contributed by atoms with Crippen molar-refractivity contribution in [1.29, 1.82) is 0 Å². The van der Waals surface area contributed by atoms with Crippen LogP contribution in [-0.4, -0.2) is 21.9 Å². The van der Waals surface area contributed by atoms with Gasteiger partial charge in [0.25, 0.3) is 0 Å². The predicted molar refractivity (Wildman–Crippen MR) is 62.7 cm³/mol. The topological polar surface area (TPSA) is 66.9 Å². The minimum absolute atomic E-state index is 0.0588. The Hall–Kier alpha value is -1.36. The molecule has 0 saturated carbocycles. The second-order valence-electron chi connectivity index (χ2n) is 4.16. The van der Waals surface area contributed by atoms with E-state index in [1.54, 1.807) is 6.92 Å². The van der Waals surface area contributed by atoms with Crippen LogP contribution >= 0.6 is 11.6 Å². The number of aromatic nitrogens is 2. The number of hydrogen-bond donors (Lipinski definition) is 2. The van der Waals surface area contributed by atoms with Gasteiger partial charge in [0, 0.05) is 0 Å². The Morgan fingerprint density at radius 1 is 1.38 bits per heavy atom. The SMILES string of the molecule is Cc1nc(Cl)nc2c1NC(=O)C(C(C)C)N2. The van der Waals surface area contributed by atoms with Gasteiger partial charge < -0.3 is 10.6 Å². The van der Waals surface area contributed by atoms with Crippen LogP contribution in [0.4, 0.5) is 11.5 Å². The van der Waals surface area contributed by atoms with Crippen LogP contribution in [0.3, 0.4) is 0 Å². The first kappa shape index (κ1) is 11.1. The molecule has 1 aliphatic heterocycles. The van der Waals surface area contributed by atoms with Crippen molar-refractivity contribution in [3.8, 4) is 0 Å². The van der Waals surface area contributed by atoms with Crippen molar-refractivity contribution in [3.63, 3.8) is 0 Å². The number of carbonyl (C=O) groups is 1. The number of carbonyl (C=O) groups excluding carboxylic acids is 1. The van der Waals surface area contributed by atoms with Gasteiger partial charge in [-0.25, -0.2) is 4.98 Å². The number of nitrogens with one attached hydrogen (secondary N) is 2. The van der Waals surface area contributed by atoms with E-state index in [1.807, 2.05) is 13.8 Å². The molecule has 6 heteroatoms. The van der Waals surface area contributed by atoms with Crippen molar-refractivity contribution < 1.29 is 4.79 Å². The highest BCUT2D eigenvalue weighted by Gasteiger charge is 2.30. The number of anilines is 2. The van der Waals surface area contributed by atoms with Gasteiger partial charge in [0.2, 0.25) is 11.2 Å². The molecule has 5 nitrogen and oxygen atoms in total. The smallest absolute Gasteiger partial charge is 0.247 e. The lowest BCUT2D eigenvalue weighted by atomic mass is 10.0. The fraction of sp³-hybridized carbons (Fsp3) is 0.500. The number of halogens is 1. The van der Waals surface area contributed by atoms with Crippen molar-refractivity contribution in [2.45, 2.75) is 26.8 Å². The van der Waals surface area contributed by atoms with Crippen molar-refractivity contribution in [2.24, 2.45) is 5.92 Å². The van der Waals surface area contributed by atoms with E-state index < -0.39 is 0 Å². The summed E-state index contributed by atoms with van der Waals surface area (Å²) < 4.78 is 0. The van der Waals surface area contributed by atoms with Gasteiger partial charge in [-0.15, -0.1) is 0 Å². The first-order valence-corrected chi connectivity index (χ1v) is 5.48. The Morgan fingerprint density at radius 3 is 2.69 bits per heavy atom. The molecule has 1 amide bonds. The lowest BCUT2D eigenvalue weighted by Gasteiger charge is -2.28. The van der Waals surface area contributed by atoms with Crippen LogP contribution in [0.25, 0.3) is 0 Å². The monoisotopic (exact) mass is 240 g/mol. The van der Waals surface area contributed by atoms with Gasteiger partial charge in [-0.1, -0.05) is 13.8 Å². The minimum Gasteiger partial charge on any atom is -0.356 e. The first-order valence-electron chi connectivity index (χ1n) is 5.10. The highest BCUT2D eigenvalue weighted by molar-refractivity contribution is 6.28. The molecule has 1 aromatic heterocycles. The van der Waals surface area contributed by atoms with Crippen molar-refractivity contribution in [1.82, 2.24) is 9.97 Å². The summed E-state index contributed by atoms with van der Waals surface area (Å²) in [7, 11) is 0. The highest BCUT2D eigenvalue weighted by Crippen LogP contribution is 2.29. The average Bonchev–Trinajstić information content (AvgIpc) is 2.18. The zero-order valence-corrected chi connectivity index (χ0v) is 10.1. The molecular formula is C10H13ClN4O. The lowest BCUT2D eigenvalue weighted by molar-refractivity contribution is -0.117. The van der Waals surface area contributed by atoms with Gasteiger partial charge in [-0.05, 0) is 24.4 Å². The standard InChI is InChI=1S/C10H13ClN4O/c1-4(2)6-9(16)14-7-5(3)12-10(11)15-8(7)13-6/h4,6H,1-3H3,(H,14,16)(H,12,13,15). The number of amides is 1. The molecule has 2 rings (SSSR count). The Kier molecular flexibility index (Phi) is 2.71. The van der Waals surface area contributed by atoms with Gasteiger partial charge in [0.15, 0.2) is 5.82 Å². The van der Waals surface area contributed by atoms with Gasteiger partial charge >= 0.3 is 0 Å². The summed E-state index contributed by atoms with van der Waals surface area (Å²) in [6.45, 7) is 5.72. The summed E-state index contributed by atoms with van der Waals surface area (Å²) in [6.07, 6.45) is 0. The normalized spacial score (nSPS) is 19.1. The van der Waals surface area contributed by atoms with E-state index in [4.69, 9.17) is 11.6 Å². The van der Waals surface area contributed by atoms with Crippen LogP contribution in [0.2, 0.25) is 5.28 Å². The first-order chi connectivity index (χ1) is 7.49. The molecule has 0 bridgehead atoms. The number of nitrogens with zero attached hydrogens (tertiary/aromatic N) is 2. The molecule has 0 aromatic carbocycles. The maximum Gasteiger partial charge on any atom is 0.247 e. The second-order valence-corrected chi connectivity index (χ2v) is 4.49. The third-order valence-electron chi connectivity index (χ3n) is 2.55. The average molecular weight is 241 g/mol. The molecule has 0 radical (unpaired) electrons. The molecule has 16 heavy (non-hydrogen) atoms. The van der Waals surface area contributed by atoms with Crippen LogP contribution in [0.5, 0.6) is 0 Å². The Morgan fingerprint density at radius 2 is 2.06 bits per heavy atom. The minimum atomic E-state index is -0.280. The second kappa shape index (κ2) is 3.90. The van der Waals surface area contributed by atoms with Crippen molar-refractivity contribution in [3.05, 3.63) is 11.0 Å². The molecule has 1 aromatic rings. The van der Waals surface area contributed by atoms with Crippen molar-refractivity contribution in [2.75, 3.05) is 10.6 Å². The summed E-state index contributed by atoms with van der Waals surface area (Å²) in [5.74, 6) is 0.717. The van der Waals surface area contributed by atoms with E-state index in [0.717, 1.165) is 0 Å². The summed E-state index contributed by atoms with van der Waals surface area (Å²) >= 11 is 5.77. The molecule has 2 N–H and O–H groups in total. The Bertz CT molecular complexity index is 447. The number of aryl methyl sites for hydroxylation is 1. The Balaban J connectivity index is 2.43. The van der Waals surface area contributed by atoms with Gasteiger partial charge in [-0.3, -0.25) is 4.79 Å². The summed E-state index contributed by atoms with van der Waals surface area (Å²) in [4.78, 5) is 19.8. The molecule has 1 aliphatic rings. The van der Waals surface area contributed by atoms with Gasteiger partial charge in [-0.2, -0.15) is 4.98 Å². The number of fused-ring (bicyclic) bond motifs is 1. The van der Waals surface area contributed by atoms with Crippen LogP contribution in [0, 0.1) is 12.8 Å². The van der Waals surface area contributed by atoms with Crippen LogP contribution < -0.4 is 10.6 Å². The largest absolute Gasteiger partial charge is 0.356 e. The maximum atomic E-state index is 11.8. The maximum absolute atomic E-state index is 11.8. The molecular weight excluding hydrogens is 228 g/mol. The fourth-order valence-electron chi connectivity index (χ4n) is 1.68. The summed E-state index contributed by atoms with van der Waals surface area (Å²) in [5, 5.41) is 6.06. The van der Waals surface area contributed by atoms with E-state index in [1.165, 1.54) is 0 Å². The molecule has 0 fully saturated rings. The van der Waals surface area contributed by atoms with Gasteiger partial charge in [0.05, 0.1) is 5.69 Å². The van der Waals surface area contributed by atoms with Crippen LogP contribution in [0.1, 0.15) is 19.5 Å². The van der Waals surface area contributed by atoms with Crippen LogP contribution in [0.15, 0.2) is 0 Å². The molecule has 1 unspecified atom stereocenters. The molecule has 0 aliphatic carbocycles. The van der Waals surface area contributed by atoms with E-state index >= 15 is 0 Å². The number of hydrogen-bond acceptors (Lipinski definition) is 4. The van der Waals surface area contributed by atoms with Crippen LogP contribution in [-0.2, 0) is 4.79 Å². The molecule has 2 heterocycles. The molecule has 0 saturated heterocycles. The third-order valence-corrected chi connectivity index (χ3v) is 2.72. The van der Waals surface area contributed by atoms with E-state index in [9.17, 15) is 4.79 Å².